The molecule has 3 rings (SSSR count). The number of carbonyl (C=O) groups excluding carboxylic acids is 3. The molecule has 0 aliphatic carbocycles. The first-order valence-corrected chi connectivity index (χ1v) is 26.6. The molecule has 0 saturated heterocycles. The molecule has 3 aromatic carbocycles. The first-order chi connectivity index (χ1) is 22.2. The van der Waals surface area contributed by atoms with E-state index in [4.69, 9.17) is 13.7 Å². The number of hydrogen-bond acceptors (Lipinski definition) is 10. The van der Waals surface area contributed by atoms with E-state index in [2.05, 4.69) is 160 Å². The minimum absolute atomic E-state index is 0. The van der Waals surface area contributed by atoms with E-state index in [9.17, 15) is 14.4 Å². The second-order valence-corrected chi connectivity index (χ2v) is 15.3. The summed E-state index contributed by atoms with van der Waals surface area (Å²) in [6.45, 7) is 5.89. The van der Waals surface area contributed by atoms with E-state index in [-0.39, 0.29) is 29.6 Å². The number of amides is 3. The zero-order valence-electron chi connectivity index (χ0n) is 26.6. The Balaban J connectivity index is -0.000000586. The Hall–Kier alpha value is 1.40. The van der Waals surface area contributed by atoms with Crippen molar-refractivity contribution in [3.8, 4) is 0 Å². The molecule has 0 spiro atoms. The van der Waals surface area contributed by atoms with Crippen LogP contribution in [0.2, 0.25) is 0 Å². The van der Waals surface area contributed by atoms with Gasteiger partial charge in [-0.1, -0.05) is 47.8 Å². The number of methoxy groups -OCH3 is 3. The van der Waals surface area contributed by atoms with Gasteiger partial charge in [-0.15, -0.1) is 0 Å². The predicted molar refractivity (Wildman–Crippen MR) is 218 cm³/mol. The molecule has 49 heavy (non-hydrogen) atoms. The van der Waals surface area contributed by atoms with Crippen molar-refractivity contribution in [2.45, 2.75) is 20.8 Å². The van der Waals surface area contributed by atoms with Crippen LogP contribution < -0.4 is 79.3 Å². The fourth-order valence-corrected chi connectivity index (χ4v) is 5.65. The number of aryl methyl sites for hydroxylation is 2. The summed E-state index contributed by atoms with van der Waals surface area (Å²) in [6, 6.07) is 13.1. The molecule has 0 atom stereocenters. The maximum absolute atomic E-state index is 11.0. The molecule has 0 aliphatic heterocycles. The first kappa shape index (κ1) is 54.7. The van der Waals surface area contributed by atoms with Gasteiger partial charge in [-0.2, -0.15) is 0 Å². The van der Waals surface area contributed by atoms with Crippen LogP contribution in [0.25, 0.3) is 0 Å². The number of rotatable bonds is 3. The Kier molecular flexibility index (Phi) is 33.2. The molecule has 0 fully saturated rings. The summed E-state index contributed by atoms with van der Waals surface area (Å²) in [4.78, 5) is 32.8. The van der Waals surface area contributed by atoms with Crippen molar-refractivity contribution < 1.29 is 92.0 Å². The van der Waals surface area contributed by atoms with E-state index in [0.717, 1.165) is 54.3 Å². The molecule has 0 heterocycles. The van der Waals surface area contributed by atoms with Crippen LogP contribution in [0.15, 0.2) is 55.9 Å². The van der Waals surface area contributed by atoms with Gasteiger partial charge in [0, 0.05) is 63.5 Å². The molecule has 0 saturated carbocycles. The fourth-order valence-electron chi connectivity index (χ4n) is 2.72. The summed E-state index contributed by atoms with van der Waals surface area (Å²) in [6.07, 6.45) is -1.36. The van der Waals surface area contributed by atoms with Gasteiger partial charge in [0.05, 0.1) is 32.7 Å². The van der Waals surface area contributed by atoms with E-state index in [1.807, 2.05) is 57.2 Å². The molecule has 3 amide bonds. The van der Waals surface area contributed by atoms with Crippen molar-refractivity contribution in [2.24, 2.45) is 0 Å². The van der Waals surface area contributed by atoms with Crippen LogP contribution in [-0.4, -0.2) is 39.6 Å². The summed E-state index contributed by atoms with van der Waals surface area (Å²) in [5, 5.41) is 7.85. The summed E-state index contributed by atoms with van der Waals surface area (Å²) in [5.74, 6) is 0. The Labute approximate surface area is 388 Å². The molecule has 0 aliphatic rings. The van der Waals surface area contributed by atoms with Gasteiger partial charge >= 0.3 is 47.8 Å². The van der Waals surface area contributed by atoms with Gasteiger partial charge in [0.25, 0.3) is 0 Å². The minimum Gasteiger partial charge on any atom is -0.453 e. The largest absolute Gasteiger partial charge is 1.00 e. The average molecular weight is 1450 g/mol. The second kappa shape index (κ2) is 29.7. The van der Waals surface area contributed by atoms with Gasteiger partial charge < -0.3 is 14.2 Å². The van der Waals surface area contributed by atoms with Crippen molar-refractivity contribution in [3.05, 3.63) is 79.7 Å². The Morgan fingerprint density at radius 2 is 1.06 bits per heavy atom. The molecule has 3 N–H and O–H groups in total. The Bertz CT molecular complexity index is 1490. The van der Waals surface area contributed by atoms with E-state index in [1.165, 1.54) is 21.3 Å². The van der Waals surface area contributed by atoms with Crippen LogP contribution in [0.4, 0.5) is 31.4 Å². The van der Waals surface area contributed by atoms with Crippen molar-refractivity contribution in [1.82, 2.24) is 0 Å². The summed E-state index contributed by atoms with van der Waals surface area (Å²) < 4.78 is 53.0. The van der Waals surface area contributed by atoms with Crippen molar-refractivity contribution in [2.75, 3.05) is 37.3 Å². The fraction of sp³-hybridized carbons (Fsp3) is 0.222. The average Bonchev–Trinajstić information content (AvgIpc) is 3.02. The number of nitrogens with one attached hydrogen (secondary N) is 3. The summed E-state index contributed by atoms with van der Waals surface area (Å²) in [7, 11) is 4.02. The topological polar surface area (TPSA) is 207 Å². The van der Waals surface area contributed by atoms with Crippen LogP contribution in [0, 0.1) is 27.9 Å². The third-order valence-electron chi connectivity index (χ3n) is 5.00. The maximum Gasteiger partial charge on any atom is 1.00 e. The van der Waals surface area contributed by atoms with Crippen LogP contribution in [-0.2, 0) is 14.2 Å². The quantitative estimate of drug-likeness (QED) is 0.193. The van der Waals surface area contributed by atoms with E-state index < -0.39 is 38.4 Å². The normalized spacial score (nSPS) is 9.41. The van der Waals surface area contributed by atoms with Gasteiger partial charge in [0.1, 0.15) is 20.1 Å². The monoisotopic (exact) mass is 1450 g/mol. The third-order valence-corrected chi connectivity index (χ3v) is 9.89. The second-order valence-electron chi connectivity index (χ2n) is 8.31. The number of hydrogen-bond donors (Lipinski definition) is 3. The molecule has 3 aromatic rings. The smallest absolute Gasteiger partial charge is 0.453 e. The van der Waals surface area contributed by atoms with Gasteiger partial charge in [-0.25, -0.2) is 14.4 Å². The Morgan fingerprint density at radius 3 is 1.51 bits per heavy atom. The van der Waals surface area contributed by atoms with Gasteiger partial charge in [0.2, 0.25) is 0 Å². The molecular weight excluding hydrogens is 1420 g/mol. The number of anilines is 3. The van der Waals surface area contributed by atoms with Gasteiger partial charge in [-0.3, -0.25) is 29.7 Å². The van der Waals surface area contributed by atoms with Crippen LogP contribution in [0.5, 0.6) is 0 Å². The third kappa shape index (κ3) is 25.9. The SMILES string of the molecule is COC(=O)Nc1cc(C)c(Br)cc1I.COC(=O)Nc1ccc(Br)c(C)c1.COC(=O)Nc1ccc(Br)c(C)c1I.II.[Na+].[O-][I+3]([O-])([O-])[O-]. The molecule has 22 heteroatoms. The standard InChI is InChI=1S/2C9H9BrINO2.C9H10BrNO2.I2.IO4.Na/c1-5-3-8(12-9(13)14-2)7(11)4-6(5)10;1-5-6(10)3-4-7(8(5)11)12-9(13)14-2;1-6-5-7(3-4-8(6)10)11-9(12)13-2;1-2;2-1(3,4)5;/h2*3-4H,1-2H3,(H,12,13);3-5H,1-2H3,(H,11,12);;;/q;;;;-1;+1. The van der Waals surface area contributed by atoms with Crippen molar-refractivity contribution in [3.63, 3.8) is 0 Å². The van der Waals surface area contributed by atoms with Crippen molar-refractivity contribution >= 4 is 166 Å². The number of halogens is 8. The predicted octanol–water partition coefficient (Wildman–Crippen LogP) is 1.04. The maximum atomic E-state index is 11.0. The molecular formula is C27H28Br3I5N3NaO10. The molecule has 0 aromatic heterocycles. The molecule has 0 radical (unpaired) electrons. The molecule has 0 unspecified atom stereocenters. The van der Waals surface area contributed by atoms with E-state index >= 15 is 0 Å². The molecule has 0 bridgehead atoms. The van der Waals surface area contributed by atoms with Gasteiger partial charge in [-0.05, 0) is 125 Å². The van der Waals surface area contributed by atoms with E-state index in [1.54, 1.807) is 6.07 Å². The Morgan fingerprint density at radius 1 is 0.653 bits per heavy atom. The van der Waals surface area contributed by atoms with Crippen molar-refractivity contribution in [1.29, 1.82) is 0 Å². The zero-order valence-corrected chi connectivity index (χ0v) is 44.2. The van der Waals surface area contributed by atoms with Crippen LogP contribution in [0.1, 0.15) is 16.7 Å². The first-order valence-electron chi connectivity index (χ1n) is 12.2. The summed E-state index contributed by atoms with van der Waals surface area (Å²) in [5.41, 5.74) is 5.48. The number of benzene rings is 3. The molecule has 13 nitrogen and oxygen atoms in total. The summed E-state index contributed by atoms with van der Waals surface area (Å²) >= 11 is 12.8. The number of carbonyl (C=O) groups is 3. The van der Waals surface area contributed by atoms with E-state index in [0.29, 0.717) is 0 Å². The minimum atomic E-state index is -5.94. The zero-order chi connectivity index (χ0) is 37.8. The molecule has 268 valence electrons. The van der Waals surface area contributed by atoms with Crippen LogP contribution in [0.3, 0.4) is 0 Å². The number of ether oxygens (including phenoxy) is 3. The van der Waals surface area contributed by atoms with Crippen LogP contribution >= 0.6 is 130 Å². The van der Waals surface area contributed by atoms with Gasteiger partial charge in [0.15, 0.2) is 0 Å².